The molecule has 0 unspecified atom stereocenters. The van der Waals surface area contributed by atoms with Gasteiger partial charge in [0, 0.05) is 0 Å². The van der Waals surface area contributed by atoms with Crippen LogP contribution in [0.4, 0.5) is 18.9 Å². The van der Waals surface area contributed by atoms with E-state index < -0.39 is 28.7 Å². The van der Waals surface area contributed by atoms with Gasteiger partial charge >= 0.3 is 6.18 Å². The number of halogens is 4. The SMILES string of the molecule is CNS(=O)(=O)c1ccc(Cl)c(C(=O)Nc2ccc(C)cc2OCC(F)(F)F)c1. The Labute approximate surface area is 164 Å². The third-order valence-electron chi connectivity index (χ3n) is 3.54. The third-order valence-corrected chi connectivity index (χ3v) is 5.28. The molecule has 2 N–H and O–H groups in total. The summed E-state index contributed by atoms with van der Waals surface area (Å²) in [5.41, 5.74) is 0.438. The molecule has 1 amide bonds. The molecule has 0 atom stereocenters. The number of rotatable bonds is 6. The number of alkyl halides is 3. The topological polar surface area (TPSA) is 84.5 Å². The van der Waals surface area contributed by atoms with E-state index in [-0.39, 0.29) is 26.9 Å². The van der Waals surface area contributed by atoms with Gasteiger partial charge in [-0.3, -0.25) is 4.79 Å². The van der Waals surface area contributed by atoms with Crippen LogP contribution in [0.5, 0.6) is 5.75 Å². The number of carbonyl (C=O) groups is 1. The van der Waals surface area contributed by atoms with Crippen LogP contribution in [0.15, 0.2) is 41.3 Å². The van der Waals surface area contributed by atoms with E-state index >= 15 is 0 Å². The number of hydrogen-bond donors (Lipinski definition) is 2. The maximum atomic E-state index is 12.6. The molecule has 0 aliphatic carbocycles. The first-order valence-electron chi connectivity index (χ1n) is 7.77. The van der Waals surface area contributed by atoms with Gasteiger partial charge in [0.25, 0.3) is 5.91 Å². The lowest BCUT2D eigenvalue weighted by molar-refractivity contribution is -0.153. The average molecular weight is 437 g/mol. The minimum atomic E-state index is -4.55. The Balaban J connectivity index is 2.34. The van der Waals surface area contributed by atoms with Crippen molar-refractivity contribution in [2.75, 3.05) is 19.0 Å². The van der Waals surface area contributed by atoms with Crippen molar-refractivity contribution in [2.45, 2.75) is 18.0 Å². The highest BCUT2D eigenvalue weighted by Crippen LogP contribution is 2.29. The molecule has 0 aliphatic heterocycles. The van der Waals surface area contributed by atoms with Crippen LogP contribution in [0.1, 0.15) is 15.9 Å². The molecule has 28 heavy (non-hydrogen) atoms. The minimum Gasteiger partial charge on any atom is -0.482 e. The summed E-state index contributed by atoms with van der Waals surface area (Å²) < 4.78 is 68.0. The summed E-state index contributed by atoms with van der Waals surface area (Å²) in [6, 6.07) is 7.80. The van der Waals surface area contributed by atoms with E-state index in [0.29, 0.717) is 5.56 Å². The van der Waals surface area contributed by atoms with E-state index in [2.05, 4.69) is 10.0 Å². The standard InChI is InChI=1S/C17H16ClF3N2O4S/c1-10-3-6-14(15(7-10)27-9-17(19,20)21)23-16(24)12-8-11(4-5-13(12)18)28(25,26)22-2/h3-8,22H,9H2,1-2H3,(H,23,24). The van der Waals surface area contributed by atoms with Gasteiger partial charge in [-0.05, 0) is 49.9 Å². The van der Waals surface area contributed by atoms with Gasteiger partial charge in [0.2, 0.25) is 10.0 Å². The molecule has 0 saturated carbocycles. The van der Waals surface area contributed by atoms with Crippen LogP contribution < -0.4 is 14.8 Å². The van der Waals surface area contributed by atoms with E-state index in [0.717, 1.165) is 6.07 Å². The Hall–Kier alpha value is -2.30. The summed E-state index contributed by atoms with van der Waals surface area (Å²) in [7, 11) is -2.61. The number of sulfonamides is 1. The zero-order valence-electron chi connectivity index (χ0n) is 14.7. The van der Waals surface area contributed by atoms with Crippen molar-refractivity contribution >= 4 is 33.2 Å². The molecule has 2 aromatic rings. The average Bonchev–Trinajstić information content (AvgIpc) is 2.61. The molecular weight excluding hydrogens is 421 g/mol. The van der Waals surface area contributed by atoms with E-state index in [4.69, 9.17) is 16.3 Å². The Bertz CT molecular complexity index is 994. The molecule has 0 saturated heterocycles. The molecular formula is C17H16ClF3N2O4S. The first-order chi connectivity index (χ1) is 12.9. The Morgan fingerprint density at radius 2 is 1.86 bits per heavy atom. The van der Waals surface area contributed by atoms with Crippen molar-refractivity contribution in [3.05, 3.63) is 52.5 Å². The van der Waals surface area contributed by atoms with E-state index in [9.17, 15) is 26.4 Å². The van der Waals surface area contributed by atoms with Gasteiger partial charge in [-0.2, -0.15) is 13.2 Å². The molecule has 0 fully saturated rings. The third kappa shape index (κ3) is 5.60. The predicted octanol–water partition coefficient (Wildman–Crippen LogP) is 3.75. The smallest absolute Gasteiger partial charge is 0.422 e. The van der Waals surface area contributed by atoms with Crippen LogP contribution in [0.25, 0.3) is 0 Å². The van der Waals surface area contributed by atoms with Gasteiger partial charge in [-0.15, -0.1) is 0 Å². The van der Waals surface area contributed by atoms with Crippen LogP contribution in [0, 0.1) is 6.92 Å². The minimum absolute atomic E-state index is 0.0159. The van der Waals surface area contributed by atoms with Crippen molar-refractivity contribution in [2.24, 2.45) is 0 Å². The van der Waals surface area contributed by atoms with Crippen LogP contribution in [0.2, 0.25) is 5.02 Å². The molecule has 0 aliphatic rings. The number of hydrogen-bond acceptors (Lipinski definition) is 4. The molecule has 0 bridgehead atoms. The highest BCUT2D eigenvalue weighted by Gasteiger charge is 2.29. The number of carbonyl (C=O) groups excluding carboxylic acids is 1. The highest BCUT2D eigenvalue weighted by atomic mass is 35.5. The molecule has 2 rings (SSSR count). The lowest BCUT2D eigenvalue weighted by Gasteiger charge is -2.15. The zero-order valence-corrected chi connectivity index (χ0v) is 16.3. The molecule has 2 aromatic carbocycles. The van der Waals surface area contributed by atoms with Crippen LogP contribution >= 0.6 is 11.6 Å². The molecule has 0 aromatic heterocycles. The van der Waals surface area contributed by atoms with Crippen molar-refractivity contribution in [3.63, 3.8) is 0 Å². The summed E-state index contributed by atoms with van der Waals surface area (Å²) in [4.78, 5) is 12.4. The van der Waals surface area contributed by atoms with Gasteiger partial charge in [0.05, 0.1) is 21.2 Å². The predicted molar refractivity (Wildman–Crippen MR) is 98.4 cm³/mol. The molecule has 152 valence electrons. The molecule has 0 spiro atoms. The van der Waals surface area contributed by atoms with E-state index in [1.54, 1.807) is 13.0 Å². The van der Waals surface area contributed by atoms with Crippen LogP contribution in [-0.2, 0) is 10.0 Å². The van der Waals surface area contributed by atoms with Crippen molar-refractivity contribution in [1.29, 1.82) is 0 Å². The summed E-state index contributed by atoms with van der Waals surface area (Å²) >= 11 is 5.98. The van der Waals surface area contributed by atoms with Gasteiger partial charge in [0.1, 0.15) is 5.75 Å². The molecule has 0 radical (unpaired) electrons. The van der Waals surface area contributed by atoms with Gasteiger partial charge < -0.3 is 10.1 Å². The largest absolute Gasteiger partial charge is 0.482 e. The fourth-order valence-electron chi connectivity index (χ4n) is 2.16. The fraction of sp³-hybridized carbons (Fsp3) is 0.235. The van der Waals surface area contributed by atoms with Gasteiger partial charge in [-0.1, -0.05) is 17.7 Å². The number of ether oxygens (including phenoxy) is 1. The number of benzene rings is 2. The van der Waals surface area contributed by atoms with Crippen LogP contribution in [0.3, 0.4) is 0 Å². The Morgan fingerprint density at radius 1 is 1.18 bits per heavy atom. The molecule has 0 heterocycles. The van der Waals surface area contributed by atoms with Crippen molar-refractivity contribution in [3.8, 4) is 5.75 Å². The number of amides is 1. The quantitative estimate of drug-likeness (QED) is 0.722. The number of nitrogens with one attached hydrogen (secondary N) is 2. The second kappa shape index (κ2) is 8.38. The van der Waals surface area contributed by atoms with Gasteiger partial charge in [0.15, 0.2) is 6.61 Å². The normalized spacial score (nSPS) is 11.9. The number of aryl methyl sites for hydroxylation is 1. The lowest BCUT2D eigenvalue weighted by Crippen LogP contribution is -2.21. The first-order valence-corrected chi connectivity index (χ1v) is 9.64. The summed E-state index contributed by atoms with van der Waals surface area (Å²) in [5.74, 6) is -0.986. The summed E-state index contributed by atoms with van der Waals surface area (Å²) in [6.07, 6.45) is -4.55. The maximum Gasteiger partial charge on any atom is 0.422 e. The van der Waals surface area contributed by atoms with E-state index in [1.807, 2.05) is 0 Å². The monoisotopic (exact) mass is 436 g/mol. The van der Waals surface area contributed by atoms with Gasteiger partial charge in [-0.25, -0.2) is 13.1 Å². The van der Waals surface area contributed by atoms with Crippen LogP contribution in [-0.4, -0.2) is 34.2 Å². The van der Waals surface area contributed by atoms with Crippen molar-refractivity contribution < 1.29 is 31.1 Å². The zero-order chi connectivity index (χ0) is 21.1. The second-order valence-corrected chi connectivity index (χ2v) is 8.00. The number of anilines is 1. The summed E-state index contributed by atoms with van der Waals surface area (Å²) in [5, 5.41) is 2.37. The van der Waals surface area contributed by atoms with Crippen molar-refractivity contribution in [1.82, 2.24) is 4.72 Å². The summed E-state index contributed by atoms with van der Waals surface area (Å²) in [6.45, 7) is 0.116. The lowest BCUT2D eigenvalue weighted by atomic mass is 10.1. The highest BCUT2D eigenvalue weighted by molar-refractivity contribution is 7.89. The Morgan fingerprint density at radius 3 is 2.46 bits per heavy atom. The molecule has 11 heteroatoms. The maximum absolute atomic E-state index is 12.6. The molecule has 6 nitrogen and oxygen atoms in total. The fourth-order valence-corrected chi connectivity index (χ4v) is 3.12. The Kier molecular flexibility index (Phi) is 6.58. The first kappa shape index (κ1) is 22.0. The second-order valence-electron chi connectivity index (χ2n) is 5.71. The van der Waals surface area contributed by atoms with E-state index in [1.165, 1.54) is 31.3 Å².